The molecular weight excluding hydrogens is 188 g/mol. The molecule has 3 nitrogen and oxygen atoms in total. The van der Waals surface area contributed by atoms with Gasteiger partial charge in [-0.1, -0.05) is 6.92 Å². The molecule has 3 heteroatoms. The van der Waals surface area contributed by atoms with Crippen LogP contribution < -0.4 is 10.1 Å². The van der Waals surface area contributed by atoms with Crippen LogP contribution in [0.25, 0.3) is 0 Å². The van der Waals surface area contributed by atoms with Gasteiger partial charge in [-0.15, -0.1) is 0 Å². The van der Waals surface area contributed by atoms with Crippen molar-refractivity contribution >= 4 is 5.69 Å². The van der Waals surface area contributed by atoms with Gasteiger partial charge in [-0.3, -0.25) is 0 Å². The number of nitrogens with zero attached hydrogens (tertiary/aromatic N) is 1. The van der Waals surface area contributed by atoms with Crippen molar-refractivity contribution in [1.29, 1.82) is 5.26 Å². The molecule has 0 unspecified atom stereocenters. The second kappa shape index (κ2) is 6.72. The minimum Gasteiger partial charge on any atom is -0.494 e. The van der Waals surface area contributed by atoms with Gasteiger partial charge < -0.3 is 10.1 Å². The maximum Gasteiger partial charge on any atom is 0.119 e. The molecule has 0 heterocycles. The summed E-state index contributed by atoms with van der Waals surface area (Å²) in [6.07, 6.45) is 1.54. The molecule has 1 N–H and O–H groups in total. The Kier molecular flexibility index (Phi) is 5.10. The van der Waals surface area contributed by atoms with E-state index in [1.54, 1.807) is 0 Å². The van der Waals surface area contributed by atoms with Gasteiger partial charge >= 0.3 is 0 Å². The van der Waals surface area contributed by atoms with Crippen molar-refractivity contribution in [1.82, 2.24) is 0 Å². The molecule has 0 aromatic heterocycles. The topological polar surface area (TPSA) is 45.0 Å². The molecule has 0 amide bonds. The molecule has 15 heavy (non-hydrogen) atoms. The molecular formula is C12H16N2O. The first-order valence-corrected chi connectivity index (χ1v) is 5.20. The predicted octanol–water partition coefficient (Wildman–Crippen LogP) is 2.80. The molecule has 0 aliphatic rings. The predicted molar refractivity (Wildman–Crippen MR) is 60.9 cm³/mol. The van der Waals surface area contributed by atoms with Crippen LogP contribution >= 0.6 is 0 Å². The van der Waals surface area contributed by atoms with Crippen molar-refractivity contribution < 1.29 is 4.74 Å². The van der Waals surface area contributed by atoms with Crippen LogP contribution in [0.3, 0.4) is 0 Å². The molecule has 80 valence electrons. The standard InChI is InChI=1S/C12H16N2O/c1-2-10-15-12-6-4-11(5-7-12)14-9-3-8-13/h4-7,14H,2-3,9-10H2,1H3. The van der Waals surface area contributed by atoms with Crippen LogP contribution in [0, 0.1) is 11.3 Å². The average Bonchev–Trinajstić information content (AvgIpc) is 2.28. The Morgan fingerprint density at radius 1 is 1.33 bits per heavy atom. The van der Waals surface area contributed by atoms with Crippen molar-refractivity contribution in [2.75, 3.05) is 18.5 Å². The van der Waals surface area contributed by atoms with Crippen molar-refractivity contribution in [3.63, 3.8) is 0 Å². The summed E-state index contributed by atoms with van der Waals surface area (Å²) in [6.45, 7) is 3.52. The van der Waals surface area contributed by atoms with Crippen LogP contribution in [0.1, 0.15) is 19.8 Å². The van der Waals surface area contributed by atoms with E-state index in [0.717, 1.165) is 24.5 Å². The zero-order valence-corrected chi connectivity index (χ0v) is 8.99. The monoisotopic (exact) mass is 204 g/mol. The Morgan fingerprint density at radius 2 is 2.07 bits per heavy atom. The first-order valence-electron chi connectivity index (χ1n) is 5.20. The Morgan fingerprint density at radius 3 is 2.67 bits per heavy atom. The SMILES string of the molecule is CCCOc1ccc(NCCC#N)cc1. The Labute approximate surface area is 90.7 Å². The highest BCUT2D eigenvalue weighted by Crippen LogP contribution is 2.15. The first-order chi connectivity index (χ1) is 7.36. The number of benzene rings is 1. The third-order valence-corrected chi connectivity index (χ3v) is 1.89. The third kappa shape index (κ3) is 4.37. The Hall–Kier alpha value is -1.69. The molecule has 0 aliphatic carbocycles. The lowest BCUT2D eigenvalue weighted by atomic mass is 10.3. The van der Waals surface area contributed by atoms with Crippen LogP contribution in [0.5, 0.6) is 5.75 Å². The fourth-order valence-corrected chi connectivity index (χ4v) is 1.15. The van der Waals surface area contributed by atoms with Crippen molar-refractivity contribution in [2.45, 2.75) is 19.8 Å². The average molecular weight is 204 g/mol. The first kappa shape index (κ1) is 11.4. The Bertz CT molecular complexity index is 313. The minimum absolute atomic E-state index is 0.522. The fourth-order valence-electron chi connectivity index (χ4n) is 1.15. The third-order valence-electron chi connectivity index (χ3n) is 1.89. The summed E-state index contributed by atoms with van der Waals surface area (Å²) >= 11 is 0. The molecule has 1 rings (SSSR count). The molecule has 0 saturated carbocycles. The number of nitriles is 1. The molecule has 0 bridgehead atoms. The van der Waals surface area contributed by atoms with E-state index in [9.17, 15) is 0 Å². The lowest BCUT2D eigenvalue weighted by Gasteiger charge is -2.06. The van der Waals surface area contributed by atoms with Gasteiger partial charge in [-0.2, -0.15) is 5.26 Å². The van der Waals surface area contributed by atoms with E-state index in [4.69, 9.17) is 10.00 Å². The number of rotatable bonds is 6. The summed E-state index contributed by atoms with van der Waals surface area (Å²) in [7, 11) is 0. The Balaban J connectivity index is 2.39. The van der Waals surface area contributed by atoms with E-state index in [1.807, 2.05) is 24.3 Å². The highest BCUT2D eigenvalue weighted by atomic mass is 16.5. The number of hydrogen-bond donors (Lipinski definition) is 1. The van der Waals surface area contributed by atoms with Gasteiger partial charge in [0, 0.05) is 12.2 Å². The zero-order chi connectivity index (χ0) is 10.9. The maximum atomic E-state index is 8.38. The normalized spacial score (nSPS) is 9.33. The van der Waals surface area contributed by atoms with Crippen molar-refractivity contribution in [3.05, 3.63) is 24.3 Å². The van der Waals surface area contributed by atoms with Gasteiger partial charge in [0.15, 0.2) is 0 Å². The maximum absolute atomic E-state index is 8.38. The number of ether oxygens (including phenoxy) is 1. The minimum atomic E-state index is 0.522. The van der Waals surface area contributed by atoms with E-state index in [2.05, 4.69) is 18.3 Å². The molecule has 0 fully saturated rings. The van der Waals surface area contributed by atoms with Crippen LogP contribution in [-0.2, 0) is 0 Å². The van der Waals surface area contributed by atoms with Crippen LogP contribution in [0.2, 0.25) is 0 Å². The molecule has 0 atom stereocenters. The summed E-state index contributed by atoms with van der Waals surface area (Å²) < 4.78 is 5.46. The summed E-state index contributed by atoms with van der Waals surface area (Å²) in [5.41, 5.74) is 1.02. The van der Waals surface area contributed by atoms with Gasteiger partial charge in [-0.25, -0.2) is 0 Å². The summed E-state index contributed by atoms with van der Waals surface area (Å²) in [6, 6.07) is 9.88. The lowest BCUT2D eigenvalue weighted by molar-refractivity contribution is 0.317. The van der Waals surface area contributed by atoms with E-state index >= 15 is 0 Å². The van der Waals surface area contributed by atoms with Gasteiger partial charge in [0.05, 0.1) is 19.1 Å². The molecule has 0 spiro atoms. The van der Waals surface area contributed by atoms with Crippen LogP contribution in [0.4, 0.5) is 5.69 Å². The van der Waals surface area contributed by atoms with E-state index in [-0.39, 0.29) is 0 Å². The fraction of sp³-hybridized carbons (Fsp3) is 0.417. The van der Waals surface area contributed by atoms with Crippen molar-refractivity contribution in [3.8, 4) is 11.8 Å². The second-order valence-electron chi connectivity index (χ2n) is 3.21. The second-order valence-corrected chi connectivity index (χ2v) is 3.21. The highest BCUT2D eigenvalue weighted by Gasteiger charge is 1.94. The molecule has 1 aromatic rings. The van der Waals surface area contributed by atoms with Gasteiger partial charge in [-0.05, 0) is 30.7 Å². The highest BCUT2D eigenvalue weighted by molar-refractivity contribution is 5.46. The number of anilines is 1. The largest absolute Gasteiger partial charge is 0.494 e. The zero-order valence-electron chi connectivity index (χ0n) is 8.99. The number of nitrogens with one attached hydrogen (secondary N) is 1. The lowest BCUT2D eigenvalue weighted by Crippen LogP contribution is -2.00. The van der Waals surface area contributed by atoms with Crippen molar-refractivity contribution in [2.24, 2.45) is 0 Å². The molecule has 0 aliphatic heterocycles. The molecule has 1 aromatic carbocycles. The van der Waals surface area contributed by atoms with Gasteiger partial charge in [0.1, 0.15) is 5.75 Å². The summed E-state index contributed by atoms with van der Waals surface area (Å²) in [5.74, 6) is 0.891. The van der Waals surface area contributed by atoms with Gasteiger partial charge in [0.25, 0.3) is 0 Å². The summed E-state index contributed by atoms with van der Waals surface area (Å²) in [4.78, 5) is 0. The van der Waals surface area contributed by atoms with Crippen LogP contribution in [-0.4, -0.2) is 13.2 Å². The van der Waals surface area contributed by atoms with Crippen LogP contribution in [0.15, 0.2) is 24.3 Å². The van der Waals surface area contributed by atoms with E-state index < -0.39 is 0 Å². The smallest absolute Gasteiger partial charge is 0.119 e. The molecule has 0 saturated heterocycles. The number of hydrogen-bond acceptors (Lipinski definition) is 3. The quantitative estimate of drug-likeness (QED) is 0.725. The van der Waals surface area contributed by atoms with E-state index in [0.29, 0.717) is 13.0 Å². The van der Waals surface area contributed by atoms with Gasteiger partial charge in [0.2, 0.25) is 0 Å². The van der Waals surface area contributed by atoms with E-state index in [1.165, 1.54) is 0 Å². The molecule has 0 radical (unpaired) electrons. The summed E-state index contributed by atoms with van der Waals surface area (Å²) in [5, 5.41) is 11.5.